The van der Waals surface area contributed by atoms with Crippen LogP contribution in [0.3, 0.4) is 0 Å². The van der Waals surface area contributed by atoms with Gasteiger partial charge in [-0.1, -0.05) is 80.1 Å². The van der Waals surface area contributed by atoms with Crippen molar-refractivity contribution in [2.75, 3.05) is 19.7 Å². The highest BCUT2D eigenvalue weighted by molar-refractivity contribution is 5.92. The Morgan fingerprint density at radius 3 is 2.24 bits per heavy atom. The number of esters is 2. The van der Waals surface area contributed by atoms with Gasteiger partial charge in [0, 0.05) is 61.2 Å². The van der Waals surface area contributed by atoms with Crippen molar-refractivity contribution in [3.05, 3.63) is 123 Å². The van der Waals surface area contributed by atoms with Crippen molar-refractivity contribution in [3.8, 4) is 22.5 Å². The molecule has 3 atom stereocenters. The van der Waals surface area contributed by atoms with Gasteiger partial charge < -0.3 is 40.5 Å². The van der Waals surface area contributed by atoms with Crippen molar-refractivity contribution in [1.29, 1.82) is 0 Å². The number of fused-ring (bicyclic) bond motifs is 8. The molecular formula is C54H58N6O11. The van der Waals surface area contributed by atoms with E-state index in [4.69, 9.17) is 24.9 Å². The number of benzene rings is 3. The van der Waals surface area contributed by atoms with Gasteiger partial charge in [-0.2, -0.15) is 0 Å². The average Bonchev–Trinajstić information content (AvgIpc) is 3.88. The molecule has 17 nitrogen and oxygen atoms in total. The van der Waals surface area contributed by atoms with Gasteiger partial charge in [-0.25, -0.2) is 14.6 Å². The van der Waals surface area contributed by atoms with Crippen LogP contribution < -0.4 is 27.2 Å². The van der Waals surface area contributed by atoms with Crippen molar-refractivity contribution < 1.29 is 47.8 Å². The number of nitrogens with one attached hydrogen (secondary N) is 3. The number of carbonyl (C=O) groups excluding carboxylic acids is 7. The van der Waals surface area contributed by atoms with Crippen LogP contribution in [0.1, 0.15) is 112 Å². The second-order valence-electron chi connectivity index (χ2n) is 18.3. The van der Waals surface area contributed by atoms with Gasteiger partial charge in [-0.15, -0.1) is 0 Å². The van der Waals surface area contributed by atoms with Crippen LogP contribution >= 0.6 is 0 Å². The fourth-order valence-electron chi connectivity index (χ4n) is 9.94. The number of rotatable bonds is 22. The number of para-hydroxylation sites is 1. The Kier molecular flexibility index (Phi) is 15.4. The molecule has 0 spiro atoms. The summed E-state index contributed by atoms with van der Waals surface area (Å²) in [6.07, 6.45) is 0.761. The molecule has 0 unspecified atom stereocenters. The van der Waals surface area contributed by atoms with Crippen molar-refractivity contribution in [1.82, 2.24) is 25.5 Å². The van der Waals surface area contributed by atoms with Gasteiger partial charge in [0.25, 0.3) is 5.56 Å². The summed E-state index contributed by atoms with van der Waals surface area (Å²) >= 11 is 0. The summed E-state index contributed by atoms with van der Waals surface area (Å²) < 4.78 is 18.6. The molecule has 2 aliphatic heterocycles. The van der Waals surface area contributed by atoms with Gasteiger partial charge in [0.2, 0.25) is 23.3 Å². The van der Waals surface area contributed by atoms with E-state index in [-0.39, 0.29) is 99.1 Å². The molecule has 0 radical (unpaired) electrons. The monoisotopic (exact) mass is 966 g/mol. The topological polar surface area (TPSA) is 244 Å². The summed E-state index contributed by atoms with van der Waals surface area (Å²) in [7, 11) is 0. The molecule has 4 heterocycles. The van der Waals surface area contributed by atoms with Crippen LogP contribution in [0.15, 0.2) is 89.7 Å². The zero-order valence-corrected chi connectivity index (χ0v) is 39.9. The number of alkyl carbamates (subject to hydrolysis) is 1. The van der Waals surface area contributed by atoms with Crippen LogP contribution in [0.4, 0.5) is 4.79 Å². The number of ketones is 1. The van der Waals surface area contributed by atoms with E-state index in [1.165, 1.54) is 6.92 Å². The van der Waals surface area contributed by atoms with Gasteiger partial charge in [0.1, 0.15) is 13.2 Å². The highest BCUT2D eigenvalue weighted by Gasteiger charge is 2.50. The van der Waals surface area contributed by atoms with E-state index in [9.17, 15) is 38.4 Å². The largest absolute Gasteiger partial charge is 0.457 e. The normalized spacial score (nSPS) is 16.0. The average molecular weight is 967 g/mol. The summed E-state index contributed by atoms with van der Waals surface area (Å²) in [6, 6.07) is 26.2. The Hall–Kier alpha value is -7.69. The minimum absolute atomic E-state index is 0.0226. The van der Waals surface area contributed by atoms with E-state index in [1.807, 2.05) is 78.9 Å². The van der Waals surface area contributed by atoms with E-state index in [1.54, 1.807) is 17.6 Å². The van der Waals surface area contributed by atoms with E-state index < -0.39 is 47.4 Å². The minimum Gasteiger partial charge on any atom is -0.457 e. The second-order valence-corrected chi connectivity index (χ2v) is 18.3. The molecular weight excluding hydrogens is 909 g/mol. The lowest BCUT2D eigenvalue weighted by Crippen LogP contribution is -2.47. The Bertz CT molecular complexity index is 2920. The number of cyclic esters (lactones) is 1. The summed E-state index contributed by atoms with van der Waals surface area (Å²) in [6.45, 7) is 3.73. The van der Waals surface area contributed by atoms with Gasteiger partial charge in [-0.05, 0) is 79.0 Å². The van der Waals surface area contributed by atoms with Crippen molar-refractivity contribution in [2.24, 2.45) is 11.7 Å². The molecule has 8 rings (SSSR count). The van der Waals surface area contributed by atoms with Gasteiger partial charge in [-0.3, -0.25) is 28.8 Å². The highest BCUT2D eigenvalue weighted by atomic mass is 16.6. The molecule has 2 aromatic heterocycles. The maximum absolute atomic E-state index is 13.9. The van der Waals surface area contributed by atoms with Crippen molar-refractivity contribution in [2.45, 2.75) is 109 Å². The van der Waals surface area contributed by atoms with Gasteiger partial charge in [0.05, 0.1) is 41.5 Å². The zero-order valence-electron chi connectivity index (χ0n) is 39.9. The Balaban J connectivity index is 0.813. The summed E-state index contributed by atoms with van der Waals surface area (Å²) in [4.78, 5) is 109. The highest BCUT2D eigenvalue weighted by Crippen LogP contribution is 2.45. The summed E-state index contributed by atoms with van der Waals surface area (Å²) in [5.41, 5.74) is 10.9. The lowest BCUT2D eigenvalue weighted by atomic mass is 9.85. The first-order valence-electron chi connectivity index (χ1n) is 24.3. The lowest BCUT2D eigenvalue weighted by Gasteiger charge is -2.35. The van der Waals surface area contributed by atoms with Crippen LogP contribution in [0, 0.1) is 5.92 Å². The maximum Gasteiger partial charge on any atom is 0.407 e. The first-order chi connectivity index (χ1) is 34.3. The first kappa shape index (κ1) is 49.7. The number of ether oxygens (including phenoxy) is 3. The summed E-state index contributed by atoms with van der Waals surface area (Å²) in [5, 5.41) is 9.13. The SMILES string of the molecule is CC[C@@]1(OC(=O)CCC(=O)NCCCC[C@H](CC(=O)[C@H](CCCCNC(C)=O)NC(=O)OCC2c3ccccc3-c3ccccc32)C(N)=O)C(=O)OCc2c1cc1n(c2=O)Cc2cc3ccccc3nc2-1. The van der Waals surface area contributed by atoms with Gasteiger partial charge in [0.15, 0.2) is 5.78 Å². The van der Waals surface area contributed by atoms with Crippen molar-refractivity contribution in [3.63, 3.8) is 0 Å². The van der Waals surface area contributed by atoms with E-state index in [0.29, 0.717) is 43.6 Å². The number of pyridine rings is 2. The molecule has 5 N–H and O–H groups in total. The zero-order chi connectivity index (χ0) is 50.2. The number of unbranched alkanes of at least 4 members (excludes halogenated alkanes) is 2. The Morgan fingerprint density at radius 2 is 1.54 bits per heavy atom. The number of amides is 4. The number of hydrogen-bond acceptors (Lipinski definition) is 12. The number of aromatic nitrogens is 2. The quantitative estimate of drug-likeness (QED) is 0.0349. The fraction of sp³-hybridized carbons (Fsp3) is 0.389. The van der Waals surface area contributed by atoms with E-state index in [2.05, 4.69) is 16.0 Å². The predicted octanol–water partition coefficient (Wildman–Crippen LogP) is 5.97. The van der Waals surface area contributed by atoms with E-state index in [0.717, 1.165) is 38.7 Å². The predicted molar refractivity (Wildman–Crippen MR) is 261 cm³/mol. The van der Waals surface area contributed by atoms with Crippen LogP contribution in [0.5, 0.6) is 0 Å². The molecule has 370 valence electrons. The molecule has 0 bridgehead atoms. The molecule has 0 saturated heterocycles. The number of carbonyl (C=O) groups is 7. The molecule has 1 aliphatic carbocycles. The molecule has 0 fully saturated rings. The van der Waals surface area contributed by atoms with Gasteiger partial charge >= 0.3 is 18.0 Å². The summed E-state index contributed by atoms with van der Waals surface area (Å²) in [5.74, 6) is -4.35. The number of nitrogens with zero attached hydrogens (tertiary/aromatic N) is 2. The minimum atomic E-state index is -1.91. The third kappa shape index (κ3) is 10.9. The lowest BCUT2D eigenvalue weighted by molar-refractivity contribution is -0.189. The molecule has 3 aromatic carbocycles. The number of primary amides is 1. The van der Waals surface area contributed by atoms with Crippen LogP contribution in [-0.4, -0.2) is 76.8 Å². The standard InChI is InChI=1S/C54H58N6O11/c1-3-54(42-28-45-49-35(26-33-14-4-9-20-43(33)58-49)29-60(45)51(66)41(42)31-69-52(54)67)71-48(64)23-22-47(63)57-25-12-10-15-34(50(55)65)27-46(62)44(21-11-13-24-56-32(2)61)59-53(68)70-30-40-38-18-7-5-16-36(38)37-17-6-8-19-39(37)40/h4-9,14,16-20,26,28,34,40,44H,3,10-13,15,21-25,27,29-31H2,1-2H3,(H2,55,65)(H,56,61)(H,57,63)(H,59,68)/t34-,44+,54+/m1/s1. The Labute approximate surface area is 410 Å². The fourth-order valence-corrected chi connectivity index (χ4v) is 9.94. The third-order valence-electron chi connectivity index (χ3n) is 13.7. The molecule has 4 amide bonds. The smallest absolute Gasteiger partial charge is 0.407 e. The van der Waals surface area contributed by atoms with Crippen LogP contribution in [-0.2, 0) is 61.7 Å². The molecule has 17 heteroatoms. The van der Waals surface area contributed by atoms with Crippen molar-refractivity contribution >= 4 is 52.4 Å². The first-order valence-corrected chi connectivity index (χ1v) is 24.3. The van der Waals surface area contributed by atoms with Crippen LogP contribution in [0.25, 0.3) is 33.4 Å². The molecule has 5 aromatic rings. The Morgan fingerprint density at radius 1 is 0.859 bits per heavy atom. The second kappa shape index (κ2) is 21.9. The molecule has 0 saturated carbocycles. The third-order valence-corrected chi connectivity index (χ3v) is 13.7. The van der Waals surface area contributed by atoms with Crippen LogP contribution in [0.2, 0.25) is 0 Å². The molecule has 71 heavy (non-hydrogen) atoms. The van der Waals surface area contributed by atoms with E-state index >= 15 is 0 Å². The number of nitrogens with two attached hydrogens (primary N) is 1. The number of Topliss-reactive ketones (excluding diaryl/α,β-unsaturated/α-hetero) is 1. The molecule has 3 aliphatic rings. The maximum atomic E-state index is 13.9. The number of hydrogen-bond donors (Lipinski definition) is 4.